The van der Waals surface area contributed by atoms with Crippen molar-refractivity contribution in [2.75, 3.05) is 5.88 Å². The predicted octanol–water partition coefficient (Wildman–Crippen LogP) is 3.10. The molecular weight excluding hydrogens is 248 g/mol. The van der Waals surface area contributed by atoms with Gasteiger partial charge in [-0.2, -0.15) is 5.10 Å². The second-order valence-corrected chi connectivity index (χ2v) is 5.92. The van der Waals surface area contributed by atoms with Crippen LogP contribution in [0.15, 0.2) is 0 Å². The van der Waals surface area contributed by atoms with Gasteiger partial charge >= 0.3 is 0 Å². The second-order valence-electron chi connectivity index (χ2n) is 5.55. The van der Waals surface area contributed by atoms with Crippen molar-refractivity contribution in [2.24, 2.45) is 0 Å². The van der Waals surface area contributed by atoms with E-state index in [4.69, 9.17) is 16.6 Å². The van der Waals surface area contributed by atoms with Crippen LogP contribution >= 0.6 is 11.6 Å². The molecule has 0 unspecified atom stereocenters. The van der Waals surface area contributed by atoms with Crippen molar-refractivity contribution in [3.8, 4) is 0 Å². The Kier molecular flexibility index (Phi) is 3.41. The minimum Gasteiger partial charge on any atom is -0.307 e. The van der Waals surface area contributed by atoms with Crippen LogP contribution in [0.3, 0.4) is 0 Å². The first-order chi connectivity index (χ1) is 8.40. The lowest BCUT2D eigenvalue weighted by molar-refractivity contribution is 0.387. The van der Waals surface area contributed by atoms with Gasteiger partial charge in [-0.25, -0.2) is 9.67 Å². The Balaban J connectivity index is 2.79. The Morgan fingerprint density at radius 3 is 2.44 bits per heavy atom. The Morgan fingerprint density at radius 1 is 1.28 bits per heavy atom. The van der Waals surface area contributed by atoms with Gasteiger partial charge in [-0.3, -0.25) is 0 Å². The van der Waals surface area contributed by atoms with Crippen LogP contribution in [0.1, 0.15) is 39.2 Å². The number of alkyl halides is 1. The number of hydrogen-bond acceptors (Lipinski definition) is 2. The van der Waals surface area contributed by atoms with Gasteiger partial charge in [-0.1, -0.05) is 0 Å². The van der Waals surface area contributed by atoms with Crippen LogP contribution < -0.4 is 0 Å². The van der Waals surface area contributed by atoms with Crippen LogP contribution in [-0.4, -0.2) is 25.2 Å². The van der Waals surface area contributed by atoms with E-state index in [1.165, 1.54) is 0 Å². The molecule has 2 heterocycles. The van der Waals surface area contributed by atoms with Gasteiger partial charge in [0.05, 0.1) is 5.69 Å². The zero-order valence-electron chi connectivity index (χ0n) is 11.8. The molecule has 0 bridgehead atoms. The molecule has 0 radical (unpaired) electrons. The number of hydrogen-bond donors (Lipinski definition) is 0. The smallest absolute Gasteiger partial charge is 0.159 e. The van der Waals surface area contributed by atoms with Gasteiger partial charge in [0.1, 0.15) is 11.3 Å². The van der Waals surface area contributed by atoms with Gasteiger partial charge in [-0.15, -0.1) is 11.6 Å². The van der Waals surface area contributed by atoms with Crippen molar-refractivity contribution in [3.05, 3.63) is 11.5 Å². The molecule has 18 heavy (non-hydrogen) atoms. The average molecular weight is 269 g/mol. The van der Waals surface area contributed by atoms with Crippen molar-refractivity contribution in [1.82, 2.24) is 19.3 Å². The highest BCUT2D eigenvalue weighted by Crippen LogP contribution is 2.27. The third-order valence-corrected chi connectivity index (χ3v) is 3.26. The number of halogens is 1. The van der Waals surface area contributed by atoms with Crippen molar-refractivity contribution < 1.29 is 0 Å². The van der Waals surface area contributed by atoms with Crippen LogP contribution in [0, 0.1) is 6.92 Å². The summed E-state index contributed by atoms with van der Waals surface area (Å²) < 4.78 is 4.30. The molecule has 5 heteroatoms. The first-order valence-corrected chi connectivity index (χ1v) is 6.94. The normalized spacial score (nSPS) is 12.6. The quantitative estimate of drug-likeness (QED) is 0.802. The molecule has 4 nitrogen and oxygen atoms in total. The highest BCUT2D eigenvalue weighted by Gasteiger charge is 2.25. The summed E-state index contributed by atoms with van der Waals surface area (Å²) in [7, 11) is 0. The summed E-state index contributed by atoms with van der Waals surface area (Å²) in [4.78, 5) is 4.73. The molecule has 0 saturated carbocycles. The molecule has 2 rings (SSSR count). The Labute approximate surface area is 113 Å². The third-order valence-electron chi connectivity index (χ3n) is 3.07. The molecule has 0 N–H and O–H groups in total. The average Bonchev–Trinajstić information content (AvgIpc) is 2.76. The van der Waals surface area contributed by atoms with Crippen molar-refractivity contribution >= 4 is 22.8 Å². The lowest BCUT2D eigenvalue weighted by Crippen LogP contribution is -2.25. The molecule has 0 aliphatic rings. The van der Waals surface area contributed by atoms with Crippen molar-refractivity contribution in [3.63, 3.8) is 0 Å². The van der Waals surface area contributed by atoms with E-state index < -0.39 is 0 Å². The fourth-order valence-corrected chi connectivity index (χ4v) is 2.56. The van der Waals surface area contributed by atoms with E-state index in [-0.39, 0.29) is 5.54 Å². The van der Waals surface area contributed by atoms with E-state index >= 15 is 0 Å². The summed E-state index contributed by atoms with van der Waals surface area (Å²) in [6.45, 7) is 11.5. The van der Waals surface area contributed by atoms with Crippen molar-refractivity contribution in [2.45, 2.75) is 53.1 Å². The van der Waals surface area contributed by atoms with Gasteiger partial charge < -0.3 is 4.57 Å². The minimum absolute atomic E-state index is 0.0183. The number of nitrogens with zero attached hydrogens (tertiary/aromatic N) is 4. The number of fused-ring (bicyclic) bond motifs is 1. The lowest BCUT2D eigenvalue weighted by Gasteiger charge is -2.24. The first kappa shape index (κ1) is 13.4. The zero-order chi connectivity index (χ0) is 13.5. The summed E-state index contributed by atoms with van der Waals surface area (Å²) in [5, 5.41) is 4.54. The van der Waals surface area contributed by atoms with Crippen LogP contribution in [0.25, 0.3) is 11.2 Å². The molecule has 0 amide bonds. The van der Waals surface area contributed by atoms with E-state index in [9.17, 15) is 0 Å². The lowest BCUT2D eigenvalue weighted by atomic mass is 10.1. The fraction of sp³-hybridized carbons (Fsp3) is 0.692. The van der Waals surface area contributed by atoms with E-state index in [0.29, 0.717) is 5.88 Å². The molecule has 0 fully saturated rings. The molecular formula is C13H21ClN4. The topological polar surface area (TPSA) is 35.6 Å². The zero-order valence-corrected chi connectivity index (χ0v) is 12.5. The second kappa shape index (κ2) is 4.57. The molecule has 2 aromatic rings. The SMILES string of the molecule is CCn1nc(C)c2nc(CCCl)n(C(C)(C)C)c21. The van der Waals surface area contributed by atoms with E-state index in [0.717, 1.165) is 35.6 Å². The Bertz CT molecular complexity index is 560. The molecule has 0 aromatic carbocycles. The van der Waals surface area contributed by atoms with Crippen LogP contribution in [0.4, 0.5) is 0 Å². The Hall–Kier alpha value is -1.03. The van der Waals surface area contributed by atoms with E-state index in [1.807, 2.05) is 11.6 Å². The Morgan fingerprint density at radius 2 is 1.94 bits per heavy atom. The van der Waals surface area contributed by atoms with Crippen molar-refractivity contribution in [1.29, 1.82) is 0 Å². The molecule has 0 atom stereocenters. The van der Waals surface area contributed by atoms with E-state index in [2.05, 4.69) is 37.4 Å². The summed E-state index contributed by atoms with van der Waals surface area (Å²) in [6, 6.07) is 0. The fourth-order valence-electron chi connectivity index (χ4n) is 2.39. The maximum absolute atomic E-state index is 5.89. The molecule has 0 saturated heterocycles. The first-order valence-electron chi connectivity index (χ1n) is 6.41. The summed E-state index contributed by atoms with van der Waals surface area (Å²) in [5.41, 5.74) is 3.09. The maximum Gasteiger partial charge on any atom is 0.159 e. The predicted molar refractivity (Wildman–Crippen MR) is 75.3 cm³/mol. The summed E-state index contributed by atoms with van der Waals surface area (Å²) in [5.74, 6) is 1.64. The highest BCUT2D eigenvalue weighted by molar-refractivity contribution is 6.17. The molecule has 2 aromatic heterocycles. The monoisotopic (exact) mass is 268 g/mol. The molecule has 100 valence electrons. The highest BCUT2D eigenvalue weighted by atomic mass is 35.5. The summed E-state index contributed by atoms with van der Waals surface area (Å²) in [6.07, 6.45) is 0.788. The third kappa shape index (κ3) is 2.03. The van der Waals surface area contributed by atoms with Gasteiger partial charge in [0.2, 0.25) is 0 Å². The largest absolute Gasteiger partial charge is 0.307 e. The van der Waals surface area contributed by atoms with Gasteiger partial charge in [0.15, 0.2) is 5.65 Å². The van der Waals surface area contributed by atoms with Crippen LogP contribution in [-0.2, 0) is 18.5 Å². The molecule has 0 spiro atoms. The number of rotatable bonds is 3. The summed E-state index contributed by atoms with van der Waals surface area (Å²) >= 11 is 5.89. The number of aryl methyl sites for hydroxylation is 3. The molecule has 0 aliphatic heterocycles. The maximum atomic E-state index is 5.89. The van der Waals surface area contributed by atoms with Gasteiger partial charge in [-0.05, 0) is 34.6 Å². The number of imidazole rings is 1. The van der Waals surface area contributed by atoms with Gasteiger partial charge in [0.25, 0.3) is 0 Å². The van der Waals surface area contributed by atoms with E-state index in [1.54, 1.807) is 0 Å². The standard InChI is InChI=1S/C13H21ClN4/c1-6-17-12-11(9(2)16-17)15-10(7-8-14)18(12)13(3,4)5/h6-8H2,1-5H3. The number of aromatic nitrogens is 4. The molecule has 0 aliphatic carbocycles. The van der Waals surface area contributed by atoms with Crippen LogP contribution in [0.2, 0.25) is 0 Å². The minimum atomic E-state index is -0.0183. The van der Waals surface area contributed by atoms with Crippen LogP contribution in [0.5, 0.6) is 0 Å². The van der Waals surface area contributed by atoms with Gasteiger partial charge in [0, 0.05) is 24.4 Å².